The predicted molar refractivity (Wildman–Crippen MR) is 119 cm³/mol. The SMILES string of the molecule is CC(C)COc1ccc(CC(=O)N(Cc2ccc(F)cc2)C[C@H]2COCN(C)C2)cc1. The van der Waals surface area contributed by atoms with Crippen molar-refractivity contribution in [3.05, 3.63) is 65.5 Å². The molecule has 1 aliphatic heterocycles. The standard InChI is InChI=1S/C25H33FN2O3/c1-19(2)16-31-24-10-6-20(7-11-24)12-25(29)28(14-21-4-8-23(26)9-5-21)15-22-13-27(3)18-30-17-22/h4-11,19,22H,12-18H2,1-3H3/t22-/m0/s1. The van der Waals surface area contributed by atoms with Crippen LogP contribution in [-0.4, -0.2) is 55.8 Å². The molecule has 1 amide bonds. The van der Waals surface area contributed by atoms with Crippen LogP contribution in [0.3, 0.4) is 0 Å². The van der Waals surface area contributed by atoms with Gasteiger partial charge in [-0.05, 0) is 48.4 Å². The maximum atomic E-state index is 13.3. The van der Waals surface area contributed by atoms with Gasteiger partial charge < -0.3 is 14.4 Å². The van der Waals surface area contributed by atoms with Gasteiger partial charge >= 0.3 is 0 Å². The molecule has 1 aliphatic rings. The van der Waals surface area contributed by atoms with Crippen LogP contribution in [0.25, 0.3) is 0 Å². The first-order chi connectivity index (χ1) is 14.9. The van der Waals surface area contributed by atoms with E-state index in [1.54, 1.807) is 12.1 Å². The largest absolute Gasteiger partial charge is 0.493 e. The first kappa shape index (κ1) is 23.2. The van der Waals surface area contributed by atoms with Gasteiger partial charge in [0.25, 0.3) is 0 Å². The van der Waals surface area contributed by atoms with Gasteiger partial charge in [0, 0.05) is 25.6 Å². The molecule has 1 atom stereocenters. The molecular weight excluding hydrogens is 395 g/mol. The minimum atomic E-state index is -0.274. The highest BCUT2D eigenvalue weighted by Crippen LogP contribution is 2.17. The third-order valence-corrected chi connectivity index (χ3v) is 5.22. The minimum absolute atomic E-state index is 0.0494. The van der Waals surface area contributed by atoms with E-state index in [0.717, 1.165) is 23.4 Å². The van der Waals surface area contributed by atoms with Gasteiger partial charge in [-0.25, -0.2) is 4.39 Å². The number of benzene rings is 2. The molecule has 168 valence electrons. The van der Waals surface area contributed by atoms with Crippen molar-refractivity contribution in [2.24, 2.45) is 11.8 Å². The van der Waals surface area contributed by atoms with E-state index in [1.165, 1.54) is 12.1 Å². The number of rotatable bonds is 9. The highest BCUT2D eigenvalue weighted by molar-refractivity contribution is 5.78. The Labute approximate surface area is 184 Å². The van der Waals surface area contributed by atoms with Crippen LogP contribution in [0.1, 0.15) is 25.0 Å². The molecule has 1 fully saturated rings. The third kappa shape index (κ3) is 7.64. The molecule has 1 saturated heterocycles. The monoisotopic (exact) mass is 428 g/mol. The molecule has 0 saturated carbocycles. The number of halogens is 1. The van der Waals surface area contributed by atoms with E-state index in [-0.39, 0.29) is 17.6 Å². The highest BCUT2D eigenvalue weighted by Gasteiger charge is 2.24. The Morgan fingerprint density at radius 1 is 1.16 bits per heavy atom. The molecule has 0 spiro atoms. The second kappa shape index (κ2) is 11.3. The van der Waals surface area contributed by atoms with Crippen molar-refractivity contribution in [2.75, 3.05) is 40.1 Å². The summed E-state index contributed by atoms with van der Waals surface area (Å²) in [5, 5.41) is 0. The number of carbonyl (C=O) groups is 1. The second-order valence-corrected chi connectivity index (χ2v) is 8.83. The summed E-state index contributed by atoms with van der Waals surface area (Å²) in [6, 6.07) is 14.1. The van der Waals surface area contributed by atoms with Crippen LogP contribution < -0.4 is 4.74 Å². The highest BCUT2D eigenvalue weighted by atomic mass is 19.1. The smallest absolute Gasteiger partial charge is 0.227 e. The fourth-order valence-electron chi connectivity index (χ4n) is 3.66. The Morgan fingerprint density at radius 2 is 1.84 bits per heavy atom. The van der Waals surface area contributed by atoms with Crippen LogP contribution in [0, 0.1) is 17.7 Å². The molecule has 0 N–H and O–H groups in total. The number of hydrogen-bond acceptors (Lipinski definition) is 4. The van der Waals surface area contributed by atoms with Gasteiger partial charge in [-0.15, -0.1) is 0 Å². The zero-order chi connectivity index (χ0) is 22.2. The number of nitrogens with zero attached hydrogens (tertiary/aromatic N) is 2. The van der Waals surface area contributed by atoms with Gasteiger partial charge in [0.15, 0.2) is 0 Å². The van der Waals surface area contributed by atoms with Crippen LogP contribution in [0.2, 0.25) is 0 Å². The van der Waals surface area contributed by atoms with Crippen LogP contribution in [0.5, 0.6) is 5.75 Å². The maximum absolute atomic E-state index is 13.3. The summed E-state index contributed by atoms with van der Waals surface area (Å²) < 4.78 is 24.7. The van der Waals surface area contributed by atoms with E-state index in [0.29, 0.717) is 45.4 Å². The maximum Gasteiger partial charge on any atom is 0.227 e. The molecule has 1 heterocycles. The number of amides is 1. The molecule has 0 bridgehead atoms. The average molecular weight is 429 g/mol. The van der Waals surface area contributed by atoms with Crippen molar-refractivity contribution >= 4 is 5.91 Å². The summed E-state index contributed by atoms with van der Waals surface area (Å²) in [5.41, 5.74) is 1.86. The summed E-state index contributed by atoms with van der Waals surface area (Å²) in [4.78, 5) is 17.2. The molecule has 5 nitrogen and oxygen atoms in total. The minimum Gasteiger partial charge on any atom is -0.493 e. The number of hydrogen-bond donors (Lipinski definition) is 0. The van der Waals surface area contributed by atoms with E-state index in [4.69, 9.17) is 9.47 Å². The summed E-state index contributed by atoms with van der Waals surface area (Å²) in [5.74, 6) is 1.30. The molecule has 0 radical (unpaired) electrons. The van der Waals surface area contributed by atoms with Crippen LogP contribution in [0.4, 0.5) is 4.39 Å². The number of ether oxygens (including phenoxy) is 2. The Morgan fingerprint density at radius 3 is 2.48 bits per heavy atom. The first-order valence-corrected chi connectivity index (χ1v) is 10.9. The van der Waals surface area contributed by atoms with E-state index in [9.17, 15) is 9.18 Å². The zero-order valence-corrected chi connectivity index (χ0v) is 18.7. The van der Waals surface area contributed by atoms with Gasteiger partial charge in [0.05, 0.1) is 26.4 Å². The second-order valence-electron chi connectivity index (χ2n) is 8.83. The fourth-order valence-corrected chi connectivity index (χ4v) is 3.66. The van der Waals surface area contributed by atoms with Crippen molar-refractivity contribution in [3.63, 3.8) is 0 Å². The predicted octanol–water partition coefficient (Wildman–Crippen LogP) is 3.97. The normalized spacial score (nSPS) is 17.0. The van der Waals surface area contributed by atoms with Crippen molar-refractivity contribution in [2.45, 2.75) is 26.8 Å². The van der Waals surface area contributed by atoms with Gasteiger partial charge in [-0.2, -0.15) is 0 Å². The summed E-state index contributed by atoms with van der Waals surface area (Å²) in [6.45, 7) is 8.09. The summed E-state index contributed by atoms with van der Waals surface area (Å²) in [7, 11) is 2.02. The lowest BCUT2D eigenvalue weighted by Gasteiger charge is -2.34. The molecule has 3 rings (SSSR count). The molecule has 2 aromatic carbocycles. The molecular formula is C25H33FN2O3. The molecule has 2 aromatic rings. The van der Waals surface area contributed by atoms with Gasteiger partial charge in [0.2, 0.25) is 5.91 Å². The Bertz CT molecular complexity index is 824. The van der Waals surface area contributed by atoms with Gasteiger partial charge in [-0.1, -0.05) is 38.1 Å². The average Bonchev–Trinajstić information content (AvgIpc) is 2.74. The Hall–Kier alpha value is -2.44. The van der Waals surface area contributed by atoms with E-state index < -0.39 is 0 Å². The lowest BCUT2D eigenvalue weighted by atomic mass is 10.1. The van der Waals surface area contributed by atoms with E-state index in [2.05, 4.69) is 18.7 Å². The number of carbonyl (C=O) groups excluding carboxylic acids is 1. The van der Waals surface area contributed by atoms with Crippen molar-refractivity contribution in [3.8, 4) is 5.75 Å². The van der Waals surface area contributed by atoms with Crippen molar-refractivity contribution < 1.29 is 18.7 Å². The van der Waals surface area contributed by atoms with E-state index >= 15 is 0 Å². The summed E-state index contributed by atoms with van der Waals surface area (Å²) in [6.07, 6.45) is 0.315. The van der Waals surface area contributed by atoms with Crippen molar-refractivity contribution in [1.82, 2.24) is 9.80 Å². The van der Waals surface area contributed by atoms with Crippen molar-refractivity contribution in [1.29, 1.82) is 0 Å². The topological polar surface area (TPSA) is 42.0 Å². The van der Waals surface area contributed by atoms with Gasteiger partial charge in [0.1, 0.15) is 11.6 Å². The van der Waals surface area contributed by atoms with Gasteiger partial charge in [-0.3, -0.25) is 9.69 Å². The van der Waals surface area contributed by atoms with Crippen LogP contribution in [0.15, 0.2) is 48.5 Å². The summed E-state index contributed by atoms with van der Waals surface area (Å²) >= 11 is 0. The van der Waals surface area contributed by atoms with Crippen LogP contribution in [-0.2, 0) is 22.5 Å². The Kier molecular flexibility index (Phi) is 8.43. The zero-order valence-electron chi connectivity index (χ0n) is 18.7. The lowest BCUT2D eigenvalue weighted by molar-refractivity contribution is -0.133. The van der Waals surface area contributed by atoms with E-state index in [1.807, 2.05) is 36.2 Å². The molecule has 0 aliphatic carbocycles. The first-order valence-electron chi connectivity index (χ1n) is 10.9. The third-order valence-electron chi connectivity index (χ3n) is 5.22. The molecule has 6 heteroatoms. The van der Waals surface area contributed by atoms with Crippen LogP contribution >= 0.6 is 0 Å². The fraction of sp³-hybridized carbons (Fsp3) is 0.480. The molecule has 0 unspecified atom stereocenters. The molecule has 31 heavy (non-hydrogen) atoms. The molecule has 0 aromatic heterocycles. The Balaban J connectivity index is 1.66. The quantitative estimate of drug-likeness (QED) is 0.606. The lowest BCUT2D eigenvalue weighted by Crippen LogP contribution is -2.44.